The lowest BCUT2D eigenvalue weighted by Gasteiger charge is -2.19. The van der Waals surface area contributed by atoms with Gasteiger partial charge >= 0.3 is 5.97 Å². The molecule has 0 bridgehead atoms. The first-order chi connectivity index (χ1) is 7.09. The number of carbonyl (C=O) groups excluding carboxylic acids is 1. The summed E-state index contributed by atoms with van der Waals surface area (Å²) in [5, 5.41) is 8.39. The van der Waals surface area contributed by atoms with Gasteiger partial charge in [0.2, 0.25) is 5.91 Å². The minimum atomic E-state index is -1.11. The largest absolute Gasteiger partial charge is 0.478 e. The van der Waals surface area contributed by atoms with Gasteiger partial charge in [0.1, 0.15) is 0 Å². The molecule has 0 aromatic rings. The van der Waals surface area contributed by atoms with Crippen LogP contribution in [0, 0.1) is 5.92 Å². The molecule has 1 atom stereocenters. The number of carboxylic acids is 1. The minimum absolute atomic E-state index is 0.269. The molecule has 1 aliphatic rings. The van der Waals surface area contributed by atoms with Crippen molar-refractivity contribution < 1.29 is 19.4 Å². The summed E-state index contributed by atoms with van der Waals surface area (Å²) in [6.07, 6.45) is 1.94. The van der Waals surface area contributed by atoms with Crippen molar-refractivity contribution in [3.63, 3.8) is 0 Å². The maximum Gasteiger partial charge on any atom is 0.328 e. The summed E-state index contributed by atoms with van der Waals surface area (Å²) in [7, 11) is 0. The molecule has 0 aliphatic carbocycles. The molecule has 0 spiro atoms. The molecule has 5 nitrogen and oxygen atoms in total. The SMILES string of the molecule is CC1COCCN(C(=O)/C=C\C(=O)O)C1. The first-order valence-corrected chi connectivity index (χ1v) is 4.87. The van der Waals surface area contributed by atoms with E-state index >= 15 is 0 Å². The van der Waals surface area contributed by atoms with Crippen molar-refractivity contribution in [2.45, 2.75) is 6.92 Å². The molecule has 1 heterocycles. The molecule has 84 valence electrons. The monoisotopic (exact) mass is 213 g/mol. The van der Waals surface area contributed by atoms with E-state index in [2.05, 4.69) is 0 Å². The molecule has 1 aliphatic heterocycles. The van der Waals surface area contributed by atoms with Gasteiger partial charge in [-0.25, -0.2) is 4.79 Å². The second-order valence-corrected chi connectivity index (χ2v) is 3.64. The number of rotatable bonds is 2. The molecule has 1 fully saturated rings. The second kappa shape index (κ2) is 5.50. The number of hydrogen-bond donors (Lipinski definition) is 1. The zero-order chi connectivity index (χ0) is 11.3. The molecule has 0 aromatic heterocycles. The molecule has 0 aromatic carbocycles. The van der Waals surface area contributed by atoms with Crippen LogP contribution in [-0.2, 0) is 14.3 Å². The molecule has 1 saturated heterocycles. The van der Waals surface area contributed by atoms with Crippen LogP contribution in [0.5, 0.6) is 0 Å². The molecular weight excluding hydrogens is 198 g/mol. The summed E-state index contributed by atoms with van der Waals surface area (Å²) in [4.78, 5) is 23.4. The predicted molar refractivity (Wildman–Crippen MR) is 53.3 cm³/mol. The lowest BCUT2D eigenvalue weighted by Crippen LogP contribution is -2.34. The van der Waals surface area contributed by atoms with Gasteiger partial charge in [0.05, 0.1) is 13.2 Å². The van der Waals surface area contributed by atoms with E-state index in [1.165, 1.54) is 0 Å². The zero-order valence-corrected chi connectivity index (χ0v) is 8.68. The van der Waals surface area contributed by atoms with Gasteiger partial charge in [-0.05, 0) is 5.92 Å². The first kappa shape index (κ1) is 11.7. The normalized spacial score (nSPS) is 22.7. The van der Waals surface area contributed by atoms with Crippen molar-refractivity contribution in [3.05, 3.63) is 12.2 Å². The zero-order valence-electron chi connectivity index (χ0n) is 8.68. The Labute approximate surface area is 88.3 Å². The molecule has 0 radical (unpaired) electrons. The lowest BCUT2D eigenvalue weighted by molar-refractivity contribution is -0.132. The Kier molecular flexibility index (Phi) is 4.30. The van der Waals surface area contributed by atoms with E-state index in [0.717, 1.165) is 12.2 Å². The van der Waals surface area contributed by atoms with Crippen LogP contribution in [0.15, 0.2) is 12.2 Å². The number of aliphatic carboxylic acids is 1. The van der Waals surface area contributed by atoms with Crippen LogP contribution >= 0.6 is 0 Å². The van der Waals surface area contributed by atoms with Crippen LogP contribution < -0.4 is 0 Å². The van der Waals surface area contributed by atoms with Gasteiger partial charge in [0.15, 0.2) is 0 Å². The van der Waals surface area contributed by atoms with Crippen molar-refractivity contribution in [2.75, 3.05) is 26.3 Å². The average Bonchev–Trinajstić information content (AvgIpc) is 2.39. The molecular formula is C10H15NO4. The van der Waals surface area contributed by atoms with E-state index in [-0.39, 0.29) is 11.8 Å². The fourth-order valence-electron chi connectivity index (χ4n) is 1.43. The quantitative estimate of drug-likeness (QED) is 0.662. The average molecular weight is 213 g/mol. The minimum Gasteiger partial charge on any atom is -0.478 e. The van der Waals surface area contributed by atoms with Gasteiger partial charge in [0.25, 0.3) is 0 Å². The fourth-order valence-corrected chi connectivity index (χ4v) is 1.43. The summed E-state index contributed by atoms with van der Waals surface area (Å²) < 4.78 is 5.28. The highest BCUT2D eigenvalue weighted by molar-refractivity contribution is 5.93. The Morgan fingerprint density at radius 3 is 2.87 bits per heavy atom. The van der Waals surface area contributed by atoms with Gasteiger partial charge < -0.3 is 14.7 Å². The van der Waals surface area contributed by atoms with Gasteiger partial charge in [-0.1, -0.05) is 6.92 Å². The van der Waals surface area contributed by atoms with Crippen LogP contribution in [0.3, 0.4) is 0 Å². The van der Waals surface area contributed by atoms with E-state index in [1.807, 2.05) is 6.92 Å². The summed E-state index contributed by atoms with van der Waals surface area (Å²) in [5.74, 6) is -1.09. The summed E-state index contributed by atoms with van der Waals surface area (Å²) in [6.45, 7) is 4.28. The van der Waals surface area contributed by atoms with Crippen LogP contribution in [0.25, 0.3) is 0 Å². The van der Waals surface area contributed by atoms with Crippen LogP contribution in [-0.4, -0.2) is 48.2 Å². The van der Waals surface area contributed by atoms with Gasteiger partial charge in [-0.2, -0.15) is 0 Å². The van der Waals surface area contributed by atoms with Crippen LogP contribution in [0.4, 0.5) is 0 Å². The van der Waals surface area contributed by atoms with Crippen molar-refractivity contribution in [2.24, 2.45) is 5.92 Å². The Balaban J connectivity index is 2.53. The van der Waals surface area contributed by atoms with Gasteiger partial charge in [0, 0.05) is 25.2 Å². The van der Waals surface area contributed by atoms with Crippen molar-refractivity contribution >= 4 is 11.9 Å². The van der Waals surface area contributed by atoms with Gasteiger partial charge in [-0.3, -0.25) is 4.79 Å². The molecule has 1 rings (SSSR count). The summed E-state index contributed by atoms with van der Waals surface area (Å²) in [5.41, 5.74) is 0. The molecule has 0 saturated carbocycles. The summed E-state index contributed by atoms with van der Waals surface area (Å²) >= 11 is 0. The highest BCUT2D eigenvalue weighted by Crippen LogP contribution is 2.06. The number of carbonyl (C=O) groups is 2. The van der Waals surface area contributed by atoms with Crippen molar-refractivity contribution in [3.8, 4) is 0 Å². The Bertz CT molecular complexity index is 275. The Morgan fingerprint density at radius 2 is 2.20 bits per heavy atom. The van der Waals surface area contributed by atoms with E-state index in [9.17, 15) is 9.59 Å². The smallest absolute Gasteiger partial charge is 0.328 e. The Morgan fingerprint density at radius 1 is 1.47 bits per heavy atom. The maximum absolute atomic E-state index is 11.5. The third-order valence-corrected chi connectivity index (χ3v) is 2.12. The fraction of sp³-hybridized carbons (Fsp3) is 0.600. The molecule has 15 heavy (non-hydrogen) atoms. The van der Waals surface area contributed by atoms with Crippen LogP contribution in [0.1, 0.15) is 6.92 Å². The Hall–Kier alpha value is -1.36. The maximum atomic E-state index is 11.5. The number of nitrogens with zero attached hydrogens (tertiary/aromatic N) is 1. The number of carboxylic acid groups (broad SMARTS) is 1. The summed E-state index contributed by atoms with van der Waals surface area (Å²) in [6, 6.07) is 0. The van der Waals surface area contributed by atoms with E-state index in [4.69, 9.17) is 9.84 Å². The van der Waals surface area contributed by atoms with Crippen LogP contribution in [0.2, 0.25) is 0 Å². The van der Waals surface area contributed by atoms with Gasteiger partial charge in [-0.15, -0.1) is 0 Å². The topological polar surface area (TPSA) is 66.8 Å². The molecule has 1 amide bonds. The first-order valence-electron chi connectivity index (χ1n) is 4.87. The van der Waals surface area contributed by atoms with E-state index in [0.29, 0.717) is 26.3 Å². The third kappa shape index (κ3) is 4.12. The highest BCUT2D eigenvalue weighted by Gasteiger charge is 2.17. The molecule has 1 unspecified atom stereocenters. The third-order valence-electron chi connectivity index (χ3n) is 2.12. The predicted octanol–water partition coefficient (Wildman–Crippen LogP) is 0.122. The number of hydrogen-bond acceptors (Lipinski definition) is 3. The van der Waals surface area contributed by atoms with Crippen molar-refractivity contribution in [1.82, 2.24) is 4.90 Å². The molecule has 1 N–H and O–H groups in total. The van der Waals surface area contributed by atoms with E-state index in [1.54, 1.807) is 4.90 Å². The molecule has 5 heteroatoms. The number of ether oxygens (including phenoxy) is 1. The van der Waals surface area contributed by atoms with E-state index < -0.39 is 5.97 Å². The standard InChI is InChI=1S/C10H15NO4/c1-8-6-11(4-5-15-7-8)9(12)2-3-10(13)14/h2-3,8H,4-7H2,1H3,(H,13,14)/b3-2-. The number of amides is 1. The lowest BCUT2D eigenvalue weighted by atomic mass is 10.2. The second-order valence-electron chi connectivity index (χ2n) is 3.64. The van der Waals surface area contributed by atoms with Crippen molar-refractivity contribution in [1.29, 1.82) is 0 Å². The highest BCUT2D eigenvalue weighted by atomic mass is 16.5.